The third-order valence-corrected chi connectivity index (χ3v) is 5.26. The zero-order valence-electron chi connectivity index (χ0n) is 13.3. The minimum atomic E-state index is 0.321. The number of aromatic amines is 1. The molecule has 4 heteroatoms. The highest BCUT2D eigenvalue weighted by molar-refractivity contribution is 5.85. The lowest BCUT2D eigenvalue weighted by Crippen LogP contribution is -2.07. The molecule has 1 aromatic heterocycles. The van der Waals surface area contributed by atoms with Crippen LogP contribution in [0.2, 0.25) is 0 Å². The molecular formula is C20H18N4. The summed E-state index contributed by atoms with van der Waals surface area (Å²) in [7, 11) is 0. The highest BCUT2D eigenvalue weighted by Crippen LogP contribution is 2.42. The molecule has 0 bridgehead atoms. The largest absolute Gasteiger partial charge is 0.378 e. The van der Waals surface area contributed by atoms with Crippen molar-refractivity contribution >= 4 is 16.6 Å². The molecule has 4 nitrogen and oxygen atoms in total. The van der Waals surface area contributed by atoms with E-state index in [2.05, 4.69) is 45.8 Å². The Kier molecular flexibility index (Phi) is 2.90. The number of nitriles is 1. The number of nitrogens with zero attached hydrogens (tertiary/aromatic N) is 2. The van der Waals surface area contributed by atoms with E-state index in [0.29, 0.717) is 12.0 Å². The number of fused-ring (bicyclic) bond motifs is 2. The fraction of sp³-hybridized carbons (Fsp3) is 0.300. The Morgan fingerprint density at radius 3 is 2.88 bits per heavy atom. The van der Waals surface area contributed by atoms with Crippen LogP contribution in [0.1, 0.15) is 53.6 Å². The normalized spacial score (nSPS) is 19.2. The smallest absolute Gasteiger partial charge is 0.0991 e. The van der Waals surface area contributed by atoms with Crippen LogP contribution in [-0.4, -0.2) is 10.2 Å². The van der Waals surface area contributed by atoms with Gasteiger partial charge in [-0.05, 0) is 67.1 Å². The first-order valence-electron chi connectivity index (χ1n) is 8.59. The molecule has 2 aliphatic carbocycles. The van der Waals surface area contributed by atoms with Crippen molar-refractivity contribution in [1.82, 2.24) is 10.2 Å². The van der Waals surface area contributed by atoms with Gasteiger partial charge in [-0.1, -0.05) is 6.07 Å². The van der Waals surface area contributed by atoms with Gasteiger partial charge in [-0.3, -0.25) is 5.10 Å². The highest BCUT2D eigenvalue weighted by atomic mass is 15.1. The lowest BCUT2D eigenvalue weighted by Gasteiger charge is -2.16. The summed E-state index contributed by atoms with van der Waals surface area (Å²) in [4.78, 5) is 0. The number of rotatable bonds is 3. The molecule has 0 amide bonds. The van der Waals surface area contributed by atoms with Crippen molar-refractivity contribution in [2.45, 2.75) is 37.6 Å². The summed E-state index contributed by atoms with van der Waals surface area (Å²) in [5.41, 5.74) is 6.86. The molecule has 118 valence electrons. The van der Waals surface area contributed by atoms with Crippen LogP contribution in [-0.2, 0) is 6.42 Å². The van der Waals surface area contributed by atoms with Gasteiger partial charge in [0.2, 0.25) is 0 Å². The Morgan fingerprint density at radius 2 is 2.04 bits per heavy atom. The van der Waals surface area contributed by atoms with E-state index in [0.717, 1.165) is 29.6 Å². The van der Waals surface area contributed by atoms with Crippen LogP contribution in [0.4, 0.5) is 5.69 Å². The van der Waals surface area contributed by atoms with Crippen LogP contribution < -0.4 is 5.32 Å². The molecule has 0 saturated heterocycles. The van der Waals surface area contributed by atoms with Crippen LogP contribution in [0.5, 0.6) is 0 Å². The zero-order valence-corrected chi connectivity index (χ0v) is 13.3. The minimum absolute atomic E-state index is 0.321. The number of H-pyrrole nitrogens is 1. The summed E-state index contributed by atoms with van der Waals surface area (Å²) in [6.07, 6.45) is 4.64. The van der Waals surface area contributed by atoms with Gasteiger partial charge in [0, 0.05) is 22.7 Å². The van der Waals surface area contributed by atoms with Crippen LogP contribution in [0.15, 0.2) is 36.4 Å². The van der Waals surface area contributed by atoms with Crippen LogP contribution in [0.25, 0.3) is 10.9 Å². The van der Waals surface area contributed by atoms with E-state index >= 15 is 0 Å². The molecule has 0 radical (unpaired) electrons. The second kappa shape index (κ2) is 5.10. The second-order valence-corrected chi connectivity index (χ2v) is 6.90. The summed E-state index contributed by atoms with van der Waals surface area (Å²) in [5.74, 6) is 0.668. The monoisotopic (exact) mass is 314 g/mol. The Bertz CT molecular complexity index is 975. The highest BCUT2D eigenvalue weighted by Gasteiger charge is 2.28. The molecule has 0 spiro atoms. The van der Waals surface area contributed by atoms with Crippen LogP contribution >= 0.6 is 0 Å². The van der Waals surface area contributed by atoms with E-state index in [9.17, 15) is 0 Å². The van der Waals surface area contributed by atoms with Crippen molar-refractivity contribution in [2.75, 3.05) is 5.32 Å². The van der Waals surface area contributed by atoms with Crippen LogP contribution in [0, 0.1) is 11.3 Å². The summed E-state index contributed by atoms with van der Waals surface area (Å²) in [5, 5.41) is 21.6. The number of anilines is 1. The molecule has 1 unspecified atom stereocenters. The number of nitrogens with one attached hydrogen (secondary N) is 2. The third-order valence-electron chi connectivity index (χ3n) is 5.26. The average molecular weight is 314 g/mol. The van der Waals surface area contributed by atoms with Crippen molar-refractivity contribution in [2.24, 2.45) is 0 Å². The predicted molar refractivity (Wildman–Crippen MR) is 93.9 cm³/mol. The molecule has 24 heavy (non-hydrogen) atoms. The first-order chi connectivity index (χ1) is 11.8. The van der Waals surface area contributed by atoms with Gasteiger partial charge in [0.1, 0.15) is 0 Å². The molecule has 2 aliphatic rings. The number of benzene rings is 2. The first kappa shape index (κ1) is 13.6. The molecule has 3 aromatic rings. The van der Waals surface area contributed by atoms with Gasteiger partial charge in [0.25, 0.3) is 0 Å². The molecule has 2 aromatic carbocycles. The maximum absolute atomic E-state index is 9.05. The molecule has 1 saturated carbocycles. The molecule has 0 aliphatic heterocycles. The Hall–Kier alpha value is -2.80. The summed E-state index contributed by atoms with van der Waals surface area (Å²) in [6.45, 7) is 0. The van der Waals surface area contributed by atoms with E-state index in [-0.39, 0.29) is 0 Å². The fourth-order valence-corrected chi connectivity index (χ4v) is 3.84. The van der Waals surface area contributed by atoms with Crippen LogP contribution in [0.3, 0.4) is 0 Å². The molecule has 1 atom stereocenters. The van der Waals surface area contributed by atoms with Crippen molar-refractivity contribution < 1.29 is 0 Å². The predicted octanol–water partition coefficient (Wildman–Crippen LogP) is 4.41. The molecular weight excluding hydrogens is 296 g/mol. The van der Waals surface area contributed by atoms with E-state index in [4.69, 9.17) is 5.26 Å². The van der Waals surface area contributed by atoms with Gasteiger partial charge in [0.15, 0.2) is 0 Å². The van der Waals surface area contributed by atoms with Gasteiger partial charge in [-0.15, -0.1) is 0 Å². The fourth-order valence-electron chi connectivity index (χ4n) is 3.84. The minimum Gasteiger partial charge on any atom is -0.378 e. The molecule has 5 rings (SSSR count). The quantitative estimate of drug-likeness (QED) is 0.752. The van der Waals surface area contributed by atoms with E-state index in [1.165, 1.54) is 35.0 Å². The summed E-state index contributed by atoms with van der Waals surface area (Å²) >= 11 is 0. The number of aromatic nitrogens is 2. The standard InChI is InChI=1S/C20H18N4/c21-11-12-1-6-16-14(9-12)4-7-18(16)22-15-5-8-19-17(10-15)20(24-23-19)13-2-3-13/h1,5-6,8-10,13,18,22H,2-4,7H2,(H,23,24). The number of hydrogen-bond acceptors (Lipinski definition) is 3. The summed E-state index contributed by atoms with van der Waals surface area (Å²) in [6, 6.07) is 15.0. The van der Waals surface area contributed by atoms with Crippen molar-refractivity contribution in [3.8, 4) is 6.07 Å². The van der Waals surface area contributed by atoms with Gasteiger partial charge in [0.05, 0.1) is 23.2 Å². The number of hydrogen-bond donors (Lipinski definition) is 2. The van der Waals surface area contributed by atoms with Gasteiger partial charge in [-0.2, -0.15) is 10.4 Å². The Balaban J connectivity index is 1.46. The van der Waals surface area contributed by atoms with Crippen molar-refractivity contribution in [3.05, 3.63) is 58.8 Å². The van der Waals surface area contributed by atoms with E-state index < -0.39 is 0 Å². The Morgan fingerprint density at radius 1 is 1.12 bits per heavy atom. The van der Waals surface area contributed by atoms with E-state index in [1.54, 1.807) is 0 Å². The maximum atomic E-state index is 9.05. The molecule has 1 heterocycles. The lowest BCUT2D eigenvalue weighted by atomic mass is 10.0. The van der Waals surface area contributed by atoms with Gasteiger partial charge < -0.3 is 5.32 Å². The topological polar surface area (TPSA) is 64.5 Å². The average Bonchev–Trinajstić information content (AvgIpc) is 3.25. The second-order valence-electron chi connectivity index (χ2n) is 6.90. The first-order valence-corrected chi connectivity index (χ1v) is 8.59. The van der Waals surface area contributed by atoms with Crippen molar-refractivity contribution in [1.29, 1.82) is 5.26 Å². The Labute approximate surface area is 140 Å². The molecule has 2 N–H and O–H groups in total. The number of aryl methyl sites for hydroxylation is 1. The molecule has 1 fully saturated rings. The third kappa shape index (κ3) is 2.16. The lowest BCUT2D eigenvalue weighted by molar-refractivity contribution is 0.762. The SMILES string of the molecule is N#Cc1ccc2c(c1)CCC2Nc1ccc2n[nH]c(C3CC3)c2c1. The van der Waals surface area contributed by atoms with Gasteiger partial charge in [-0.25, -0.2) is 0 Å². The maximum Gasteiger partial charge on any atom is 0.0991 e. The zero-order chi connectivity index (χ0) is 16.1. The van der Waals surface area contributed by atoms with Crippen molar-refractivity contribution in [3.63, 3.8) is 0 Å². The summed E-state index contributed by atoms with van der Waals surface area (Å²) < 4.78 is 0. The van der Waals surface area contributed by atoms with E-state index in [1.807, 2.05) is 12.1 Å². The van der Waals surface area contributed by atoms with Gasteiger partial charge >= 0.3 is 0 Å².